The molecular weight excluding hydrogens is 286 g/mol. The molecule has 0 radical (unpaired) electrons. The summed E-state index contributed by atoms with van der Waals surface area (Å²) >= 11 is 0. The Balaban J connectivity index is 1.97. The Labute approximate surface area is 127 Å². The Hall–Kier alpha value is -2.59. The van der Waals surface area contributed by atoms with Crippen LogP contribution in [0.2, 0.25) is 0 Å². The zero-order chi connectivity index (χ0) is 15.9. The van der Waals surface area contributed by atoms with Crippen LogP contribution in [0.3, 0.4) is 0 Å². The van der Waals surface area contributed by atoms with Gasteiger partial charge in [-0.15, -0.1) is 0 Å². The van der Waals surface area contributed by atoms with E-state index in [1.165, 1.54) is 12.0 Å². The number of aliphatic hydroxyl groups excluding tert-OH is 1. The van der Waals surface area contributed by atoms with Gasteiger partial charge in [0.15, 0.2) is 0 Å². The van der Waals surface area contributed by atoms with Gasteiger partial charge < -0.3 is 20.1 Å². The van der Waals surface area contributed by atoms with Crippen LogP contribution in [0, 0.1) is 11.3 Å². The zero-order valence-corrected chi connectivity index (χ0v) is 12.0. The van der Waals surface area contributed by atoms with Crippen LogP contribution in [-0.4, -0.2) is 41.2 Å². The second-order valence-electron chi connectivity index (χ2n) is 5.33. The van der Waals surface area contributed by atoms with E-state index in [9.17, 15) is 20.0 Å². The van der Waals surface area contributed by atoms with Crippen molar-refractivity contribution in [2.45, 2.75) is 31.7 Å². The molecule has 1 fully saturated rings. The van der Waals surface area contributed by atoms with E-state index in [1.807, 2.05) is 6.07 Å². The third-order valence-corrected chi connectivity index (χ3v) is 4.15. The van der Waals surface area contributed by atoms with E-state index >= 15 is 0 Å². The quantitative estimate of drug-likeness (QED) is 0.807. The third-order valence-electron chi connectivity index (χ3n) is 4.15. The lowest BCUT2D eigenvalue weighted by Gasteiger charge is -2.35. The maximum atomic E-state index is 12.7. The first-order valence-electron chi connectivity index (χ1n) is 6.95. The molecule has 0 bridgehead atoms. The average molecular weight is 301 g/mol. The fraction of sp³-hybridized carbons (Fsp3) is 0.400. The highest BCUT2D eigenvalue weighted by atomic mass is 16.5. The van der Waals surface area contributed by atoms with Crippen molar-refractivity contribution in [1.29, 1.82) is 5.26 Å². The molecule has 3 rings (SSSR count). The second kappa shape index (κ2) is 5.31. The summed E-state index contributed by atoms with van der Waals surface area (Å²) in [7, 11) is 1.50. The Morgan fingerprint density at radius 1 is 1.45 bits per heavy atom. The van der Waals surface area contributed by atoms with E-state index in [4.69, 9.17) is 4.74 Å². The number of methoxy groups -OCH3 is 1. The summed E-state index contributed by atoms with van der Waals surface area (Å²) in [6.07, 6.45) is -0.461. The molecule has 0 aromatic heterocycles. The Morgan fingerprint density at radius 2 is 2.23 bits per heavy atom. The molecule has 0 spiro atoms. The number of nitriles is 1. The summed E-state index contributed by atoms with van der Waals surface area (Å²) in [5.41, 5.74) is 1.26. The zero-order valence-electron chi connectivity index (χ0n) is 12.0. The van der Waals surface area contributed by atoms with Gasteiger partial charge >= 0.3 is 0 Å². The molecule has 2 aliphatic heterocycles. The maximum absolute atomic E-state index is 12.7. The number of hydrogen-bond donors (Lipinski definition) is 2. The van der Waals surface area contributed by atoms with Crippen molar-refractivity contribution in [2.75, 3.05) is 7.11 Å². The molecule has 2 atom stereocenters. The number of hydrogen-bond acceptors (Lipinski definition) is 5. The monoisotopic (exact) mass is 301 g/mol. The minimum absolute atomic E-state index is 0.233. The summed E-state index contributed by atoms with van der Waals surface area (Å²) < 4.78 is 5.26. The smallest absolute Gasteiger partial charge is 0.256 e. The number of rotatable bonds is 2. The second-order valence-corrected chi connectivity index (χ2v) is 5.33. The van der Waals surface area contributed by atoms with Crippen molar-refractivity contribution in [1.82, 2.24) is 10.2 Å². The number of nitrogens with zero attached hydrogens (tertiary/aromatic N) is 2. The highest BCUT2D eigenvalue weighted by Crippen LogP contribution is 2.35. The topological polar surface area (TPSA) is 103 Å². The van der Waals surface area contributed by atoms with Gasteiger partial charge in [0.1, 0.15) is 12.0 Å². The molecule has 114 valence electrons. The van der Waals surface area contributed by atoms with Gasteiger partial charge in [-0.25, -0.2) is 0 Å². The van der Waals surface area contributed by atoms with Crippen LogP contribution in [0.4, 0.5) is 0 Å². The number of aliphatic hydroxyl groups is 1. The molecule has 22 heavy (non-hydrogen) atoms. The molecule has 1 aromatic rings. The Bertz CT molecular complexity index is 695. The largest absolute Gasteiger partial charge is 0.496 e. The molecule has 2 N–H and O–H groups in total. The SMILES string of the molecule is COc1ccc(C#N)c2c1CN(C1CCC(=O)NC1O)C2=O. The number of ether oxygens (including phenoxy) is 1. The third kappa shape index (κ3) is 2.09. The standard InChI is InChI=1S/C15H15N3O4/c1-22-11-4-2-8(6-16)13-9(11)7-18(15(13)21)10-3-5-12(19)17-14(10)20/h2,4,10,14,20H,3,5,7H2,1H3,(H,17,19). The summed E-state index contributed by atoms with van der Waals surface area (Å²) in [6, 6.07) is 4.72. The first kappa shape index (κ1) is 14.4. The van der Waals surface area contributed by atoms with E-state index in [2.05, 4.69) is 5.32 Å². The first-order valence-corrected chi connectivity index (χ1v) is 6.95. The highest BCUT2D eigenvalue weighted by molar-refractivity contribution is 6.01. The molecule has 0 aliphatic carbocycles. The Morgan fingerprint density at radius 3 is 2.86 bits per heavy atom. The number of benzene rings is 1. The van der Waals surface area contributed by atoms with Crippen LogP contribution in [-0.2, 0) is 11.3 Å². The van der Waals surface area contributed by atoms with Crippen LogP contribution in [0.25, 0.3) is 0 Å². The fourth-order valence-electron chi connectivity index (χ4n) is 3.06. The molecule has 7 heteroatoms. The van der Waals surface area contributed by atoms with Crippen LogP contribution in [0.15, 0.2) is 12.1 Å². The minimum atomic E-state index is -1.10. The van der Waals surface area contributed by atoms with Gasteiger partial charge in [-0.05, 0) is 18.6 Å². The molecule has 1 saturated heterocycles. The summed E-state index contributed by atoms with van der Waals surface area (Å²) in [4.78, 5) is 25.5. The van der Waals surface area contributed by atoms with Crippen molar-refractivity contribution in [2.24, 2.45) is 0 Å². The van der Waals surface area contributed by atoms with Crippen LogP contribution in [0.5, 0.6) is 5.75 Å². The van der Waals surface area contributed by atoms with Gasteiger partial charge in [0.2, 0.25) is 5.91 Å². The lowest BCUT2D eigenvalue weighted by Crippen LogP contribution is -2.55. The number of piperidine rings is 1. The molecular formula is C15H15N3O4. The predicted octanol–water partition coefficient (Wildman–Crippen LogP) is 0.120. The summed E-state index contributed by atoms with van der Waals surface area (Å²) in [5.74, 6) is -0.00645. The molecule has 2 aliphatic rings. The molecule has 2 amide bonds. The van der Waals surface area contributed by atoms with Crippen molar-refractivity contribution in [3.63, 3.8) is 0 Å². The van der Waals surface area contributed by atoms with Crippen LogP contribution >= 0.6 is 0 Å². The van der Waals surface area contributed by atoms with Gasteiger partial charge in [-0.3, -0.25) is 9.59 Å². The van der Waals surface area contributed by atoms with Gasteiger partial charge in [0, 0.05) is 12.0 Å². The number of nitrogens with one attached hydrogen (secondary N) is 1. The van der Waals surface area contributed by atoms with E-state index in [-0.39, 0.29) is 30.3 Å². The number of carbonyl (C=O) groups excluding carboxylic acids is 2. The first-order chi connectivity index (χ1) is 10.6. The summed E-state index contributed by atoms with van der Waals surface area (Å²) in [5, 5.41) is 21.7. The minimum Gasteiger partial charge on any atom is -0.496 e. The normalized spacial score (nSPS) is 23.8. The van der Waals surface area contributed by atoms with Crippen molar-refractivity contribution < 1.29 is 19.4 Å². The number of carbonyl (C=O) groups is 2. The lowest BCUT2D eigenvalue weighted by atomic mass is 10.0. The molecule has 2 unspecified atom stereocenters. The van der Waals surface area contributed by atoms with Gasteiger partial charge in [0.05, 0.1) is 36.9 Å². The highest BCUT2D eigenvalue weighted by Gasteiger charge is 2.41. The van der Waals surface area contributed by atoms with E-state index in [0.717, 1.165) is 0 Å². The van der Waals surface area contributed by atoms with Gasteiger partial charge in [0.25, 0.3) is 5.91 Å². The van der Waals surface area contributed by atoms with E-state index < -0.39 is 12.3 Å². The molecule has 1 aromatic carbocycles. The fourth-order valence-corrected chi connectivity index (χ4v) is 3.06. The molecule has 7 nitrogen and oxygen atoms in total. The van der Waals surface area contributed by atoms with Crippen LogP contribution < -0.4 is 10.1 Å². The number of amides is 2. The maximum Gasteiger partial charge on any atom is 0.256 e. The lowest BCUT2D eigenvalue weighted by molar-refractivity contribution is -0.129. The summed E-state index contributed by atoms with van der Waals surface area (Å²) in [6.45, 7) is 0.254. The predicted molar refractivity (Wildman–Crippen MR) is 74.8 cm³/mol. The van der Waals surface area contributed by atoms with Crippen molar-refractivity contribution in [3.05, 3.63) is 28.8 Å². The van der Waals surface area contributed by atoms with E-state index in [1.54, 1.807) is 12.1 Å². The van der Waals surface area contributed by atoms with Crippen molar-refractivity contribution >= 4 is 11.8 Å². The van der Waals surface area contributed by atoms with Crippen molar-refractivity contribution in [3.8, 4) is 11.8 Å². The average Bonchev–Trinajstić information content (AvgIpc) is 2.84. The molecule has 2 heterocycles. The van der Waals surface area contributed by atoms with Gasteiger partial charge in [-0.2, -0.15) is 5.26 Å². The molecule has 0 saturated carbocycles. The van der Waals surface area contributed by atoms with Gasteiger partial charge in [-0.1, -0.05) is 0 Å². The van der Waals surface area contributed by atoms with Crippen LogP contribution in [0.1, 0.15) is 34.3 Å². The Kier molecular flexibility index (Phi) is 3.47. The van der Waals surface area contributed by atoms with E-state index in [0.29, 0.717) is 23.3 Å². The number of fused-ring (bicyclic) bond motifs is 1.